The minimum Gasteiger partial charge on any atom is -0.331 e. The minimum atomic E-state index is -4.03. The Morgan fingerprint density at radius 3 is 1.44 bits per heavy atom. The lowest BCUT2D eigenvalue weighted by Gasteiger charge is -2.30. The maximum Gasteiger partial charge on any atom is 0.472 e. The lowest BCUT2D eigenvalue weighted by atomic mass is 10.0. The van der Waals surface area contributed by atoms with Crippen LogP contribution in [0.5, 0.6) is 0 Å². The van der Waals surface area contributed by atoms with Crippen LogP contribution in [0.1, 0.15) is 117 Å². The van der Waals surface area contributed by atoms with Crippen molar-refractivity contribution < 1.29 is 27.5 Å². The summed E-state index contributed by atoms with van der Waals surface area (Å²) in [6, 6.07) is 0. The Morgan fingerprint density at radius 2 is 1.05 bits per heavy atom. The molecule has 0 aromatic carbocycles. The third-order valence-corrected chi connectivity index (χ3v) is 8.32. The predicted molar refractivity (Wildman–Crippen MR) is 168 cm³/mol. The van der Waals surface area contributed by atoms with Crippen molar-refractivity contribution in [1.29, 1.82) is 0 Å². The van der Waals surface area contributed by atoms with Gasteiger partial charge in [-0.3, -0.25) is 9.05 Å². The lowest BCUT2D eigenvalue weighted by Crippen LogP contribution is -2.41. The summed E-state index contributed by atoms with van der Waals surface area (Å²) in [5.74, 6) is 0. The van der Waals surface area contributed by atoms with Gasteiger partial charge in [-0.05, 0) is 13.3 Å². The summed E-state index contributed by atoms with van der Waals surface area (Å²) in [5.41, 5.74) is 0. The van der Waals surface area contributed by atoms with Crippen LogP contribution in [-0.2, 0) is 13.6 Å². The van der Waals surface area contributed by atoms with Crippen molar-refractivity contribution >= 4 is 7.82 Å². The van der Waals surface area contributed by atoms with E-state index in [2.05, 4.69) is 54.1 Å². The smallest absolute Gasteiger partial charge is 0.331 e. The van der Waals surface area contributed by atoms with E-state index in [4.69, 9.17) is 9.05 Å². The Morgan fingerprint density at radius 1 is 0.667 bits per heavy atom. The molecule has 7 nitrogen and oxygen atoms in total. The molecule has 0 fully saturated rings. The lowest BCUT2D eigenvalue weighted by molar-refractivity contribution is -0.870. The molecule has 0 bridgehead atoms. The minimum absolute atomic E-state index is 0.287. The van der Waals surface area contributed by atoms with E-state index in [1.807, 2.05) is 6.92 Å². The van der Waals surface area contributed by atoms with E-state index >= 15 is 0 Å². The fourth-order valence-electron chi connectivity index (χ4n) is 4.96. The number of quaternary nitrogens is 2. The van der Waals surface area contributed by atoms with Gasteiger partial charge in [0.05, 0.1) is 68.1 Å². The first kappa shape index (κ1) is 39.0. The molecule has 0 aliphatic heterocycles. The number of hydrogen-bond acceptors (Lipinski definition) is 4. The second kappa shape index (κ2) is 22.6. The van der Waals surface area contributed by atoms with Crippen molar-refractivity contribution in [1.82, 2.24) is 4.90 Å². The Kier molecular flexibility index (Phi) is 22.6. The summed E-state index contributed by atoms with van der Waals surface area (Å²) in [6.45, 7) is 9.21. The summed E-state index contributed by atoms with van der Waals surface area (Å²) in [7, 11) is 9.25. The second-order valence-electron chi connectivity index (χ2n) is 13.8. The number of hydrogen-bond donors (Lipinski definition) is 1. The van der Waals surface area contributed by atoms with Crippen LogP contribution in [0.3, 0.4) is 0 Å². The molecule has 0 saturated carbocycles. The first-order valence-electron chi connectivity index (χ1n) is 16.2. The fourth-order valence-corrected chi connectivity index (χ4v) is 5.91. The van der Waals surface area contributed by atoms with Crippen molar-refractivity contribution in [3.05, 3.63) is 0 Å². The molecule has 0 heterocycles. The highest BCUT2D eigenvalue weighted by Crippen LogP contribution is 2.44. The molecule has 0 aliphatic rings. The number of nitrogens with zero attached hydrogens (tertiary/aromatic N) is 3. The van der Waals surface area contributed by atoms with Crippen LogP contribution >= 0.6 is 7.82 Å². The molecular weight excluding hydrogens is 509 g/mol. The maximum absolute atomic E-state index is 12.5. The van der Waals surface area contributed by atoms with Gasteiger partial charge in [0.1, 0.15) is 0 Å². The van der Waals surface area contributed by atoms with Gasteiger partial charge in [0.15, 0.2) is 0 Å². The molecule has 39 heavy (non-hydrogen) atoms. The average Bonchev–Trinajstić information content (AvgIpc) is 2.79. The molecule has 2 atom stereocenters. The van der Waals surface area contributed by atoms with Crippen LogP contribution in [0, 0.1) is 0 Å². The van der Waals surface area contributed by atoms with E-state index in [-0.39, 0.29) is 12.7 Å². The van der Waals surface area contributed by atoms with Crippen molar-refractivity contribution in [2.75, 3.05) is 81.6 Å². The first-order chi connectivity index (χ1) is 18.2. The summed E-state index contributed by atoms with van der Waals surface area (Å²) in [6.07, 6.45) is 19.8. The number of unbranched alkanes of at least 4 members (excludes halogenated alkanes) is 13. The van der Waals surface area contributed by atoms with Gasteiger partial charge in [-0.2, -0.15) is 0 Å². The standard InChI is InChI=1S/C31H69N3O4P/c1-9-10-11-12-13-14-15-16-17-18-19-20-21-22-29-37-39(35,36)38-31(2)30-32(25-23-27-33(3,4)5)26-24-28-34(6,7)8/h31H,9-30H2,1-8H3/q+1/p+1. The van der Waals surface area contributed by atoms with Crippen LogP contribution in [-0.4, -0.2) is 106 Å². The van der Waals surface area contributed by atoms with E-state index in [0.717, 1.165) is 60.8 Å². The van der Waals surface area contributed by atoms with E-state index in [1.54, 1.807) is 0 Å². The first-order valence-corrected chi connectivity index (χ1v) is 17.7. The fraction of sp³-hybridized carbons (Fsp3) is 1.00. The molecule has 0 aromatic rings. The summed E-state index contributed by atoms with van der Waals surface area (Å²) in [4.78, 5) is 12.6. The third-order valence-electron chi connectivity index (χ3n) is 7.19. The van der Waals surface area contributed by atoms with Crippen LogP contribution in [0.15, 0.2) is 0 Å². The Bertz CT molecular complexity index is 588. The summed E-state index contributed by atoms with van der Waals surface area (Å²) < 4.78 is 25.2. The summed E-state index contributed by atoms with van der Waals surface area (Å²) in [5, 5.41) is 0. The second-order valence-corrected chi connectivity index (χ2v) is 15.3. The van der Waals surface area contributed by atoms with Crippen LogP contribution in [0.4, 0.5) is 0 Å². The van der Waals surface area contributed by atoms with Gasteiger partial charge >= 0.3 is 7.82 Å². The molecule has 1 N–H and O–H groups in total. The van der Waals surface area contributed by atoms with Gasteiger partial charge in [-0.15, -0.1) is 0 Å². The van der Waals surface area contributed by atoms with Crippen LogP contribution in [0.2, 0.25) is 0 Å². The molecule has 2 unspecified atom stereocenters. The summed E-state index contributed by atoms with van der Waals surface area (Å²) >= 11 is 0. The largest absolute Gasteiger partial charge is 0.472 e. The van der Waals surface area contributed by atoms with E-state index in [0.29, 0.717) is 6.54 Å². The molecule has 0 radical (unpaired) electrons. The van der Waals surface area contributed by atoms with Crippen molar-refractivity contribution in [3.8, 4) is 0 Å². The SMILES string of the molecule is CCCCCCCCCCCCCCCCOP(=O)(O)OC(C)CN(CCC[N+](C)(C)C)CCC[N+](C)(C)C. The maximum atomic E-state index is 12.5. The molecule has 236 valence electrons. The van der Waals surface area contributed by atoms with Crippen molar-refractivity contribution in [3.63, 3.8) is 0 Å². The van der Waals surface area contributed by atoms with Gasteiger partial charge in [-0.1, -0.05) is 90.4 Å². The van der Waals surface area contributed by atoms with Gasteiger partial charge in [0.2, 0.25) is 0 Å². The molecule has 0 rings (SSSR count). The number of rotatable bonds is 28. The topological polar surface area (TPSA) is 59.0 Å². The Hall–Kier alpha value is -0.0100. The highest BCUT2D eigenvalue weighted by atomic mass is 31.2. The van der Waals surface area contributed by atoms with Crippen molar-refractivity contribution in [2.24, 2.45) is 0 Å². The monoisotopic (exact) mass is 580 g/mol. The normalized spacial score (nSPS) is 15.1. The highest BCUT2D eigenvalue weighted by molar-refractivity contribution is 7.47. The molecule has 0 saturated heterocycles. The molecule has 0 aromatic heterocycles. The zero-order valence-corrected chi connectivity index (χ0v) is 28.5. The third kappa shape index (κ3) is 29.3. The van der Waals surface area contributed by atoms with E-state index < -0.39 is 7.82 Å². The van der Waals surface area contributed by atoms with Gasteiger partial charge in [0.25, 0.3) is 0 Å². The number of phosphoric acid groups is 1. The zero-order chi connectivity index (χ0) is 29.6. The van der Waals surface area contributed by atoms with Gasteiger partial charge in [-0.25, -0.2) is 4.57 Å². The highest BCUT2D eigenvalue weighted by Gasteiger charge is 2.25. The average molecular weight is 580 g/mol. The molecule has 0 spiro atoms. The molecule has 0 aliphatic carbocycles. The van der Waals surface area contributed by atoms with Crippen LogP contribution in [0.25, 0.3) is 0 Å². The van der Waals surface area contributed by atoms with E-state index in [9.17, 15) is 9.46 Å². The van der Waals surface area contributed by atoms with E-state index in [1.165, 1.54) is 77.0 Å². The van der Waals surface area contributed by atoms with Crippen LogP contribution < -0.4 is 0 Å². The Labute approximate surface area is 244 Å². The van der Waals surface area contributed by atoms with Gasteiger partial charge < -0.3 is 18.8 Å². The quantitative estimate of drug-likeness (QED) is 0.0591. The zero-order valence-electron chi connectivity index (χ0n) is 27.6. The number of phosphoric ester groups is 1. The molecular formula is C31H70N3O4P+2. The Balaban J connectivity index is 4.06. The predicted octanol–water partition coefficient (Wildman–Crippen LogP) is 7.48. The van der Waals surface area contributed by atoms with Gasteiger partial charge in [0, 0.05) is 32.5 Å². The molecule has 0 amide bonds. The van der Waals surface area contributed by atoms with Crippen molar-refractivity contribution in [2.45, 2.75) is 123 Å². The molecule has 8 heteroatoms.